The summed E-state index contributed by atoms with van der Waals surface area (Å²) in [4.78, 5) is 0. The lowest BCUT2D eigenvalue weighted by molar-refractivity contribution is -0.0427. The molecule has 4 aliphatic rings. The lowest BCUT2D eigenvalue weighted by Gasteiger charge is -2.57. The predicted molar refractivity (Wildman–Crippen MR) is 124 cm³/mol. The van der Waals surface area contributed by atoms with Crippen LogP contribution in [0, 0.1) is 46.3 Å². The van der Waals surface area contributed by atoms with Crippen LogP contribution in [0.5, 0.6) is 0 Å². The minimum atomic E-state index is -0.0471. The molecule has 1 N–H and O–H groups in total. The quantitative estimate of drug-likeness (QED) is 0.474. The van der Waals surface area contributed by atoms with E-state index in [-0.39, 0.29) is 6.10 Å². The zero-order chi connectivity index (χ0) is 21.0. The highest BCUT2D eigenvalue weighted by atomic mass is 16.3. The van der Waals surface area contributed by atoms with Gasteiger partial charge in [-0.25, -0.2) is 0 Å². The average molecular weight is 399 g/mol. The van der Waals surface area contributed by atoms with Crippen molar-refractivity contribution in [2.24, 2.45) is 46.3 Å². The number of hydrogen-bond acceptors (Lipinski definition) is 1. The fourth-order valence-corrected chi connectivity index (χ4v) is 8.37. The summed E-state index contributed by atoms with van der Waals surface area (Å²) in [7, 11) is 0. The van der Waals surface area contributed by atoms with Crippen LogP contribution in [0.1, 0.15) is 98.8 Å². The summed E-state index contributed by atoms with van der Waals surface area (Å²) in [5.74, 6) is 4.65. The third kappa shape index (κ3) is 3.58. The van der Waals surface area contributed by atoms with Gasteiger partial charge >= 0.3 is 0 Å². The first-order chi connectivity index (χ1) is 13.7. The number of fused-ring (bicyclic) bond motifs is 5. The van der Waals surface area contributed by atoms with Gasteiger partial charge in [0.2, 0.25) is 0 Å². The highest BCUT2D eigenvalue weighted by Gasteiger charge is 2.58. The molecule has 1 unspecified atom stereocenters. The summed E-state index contributed by atoms with van der Waals surface area (Å²) in [5.41, 5.74) is 4.26. The van der Waals surface area contributed by atoms with Crippen LogP contribution < -0.4 is 0 Å². The number of aliphatic hydroxyl groups excluding tert-OH is 1. The fraction of sp³-hybridized carbons (Fsp3) is 0.857. The maximum Gasteiger partial charge on any atom is 0.0543 e. The van der Waals surface area contributed by atoms with Crippen LogP contribution in [0.2, 0.25) is 0 Å². The molecule has 3 saturated carbocycles. The normalized spacial score (nSPS) is 45.2. The van der Waals surface area contributed by atoms with Crippen molar-refractivity contribution < 1.29 is 5.11 Å². The zero-order valence-corrected chi connectivity index (χ0v) is 19.8. The Labute approximate surface area is 180 Å². The van der Waals surface area contributed by atoms with E-state index in [1.807, 2.05) is 5.57 Å². The molecule has 0 aromatic heterocycles. The molecule has 1 heteroatoms. The molecule has 164 valence electrons. The molecule has 0 radical (unpaired) electrons. The maximum absolute atomic E-state index is 10.2. The van der Waals surface area contributed by atoms with Crippen molar-refractivity contribution in [3.8, 4) is 0 Å². The summed E-state index contributed by atoms with van der Waals surface area (Å²) in [5, 5.41) is 10.2. The number of aliphatic hydroxyl groups is 1. The fourth-order valence-electron chi connectivity index (χ4n) is 8.37. The topological polar surface area (TPSA) is 20.2 Å². The Morgan fingerprint density at radius 2 is 1.76 bits per heavy atom. The number of rotatable bonds is 5. The lowest BCUT2D eigenvalue weighted by atomic mass is 9.47. The Morgan fingerprint density at radius 1 is 1.07 bits per heavy atom. The first kappa shape index (κ1) is 21.7. The Hall–Kier alpha value is -0.560. The van der Waals surface area contributed by atoms with Crippen LogP contribution in [-0.2, 0) is 0 Å². The highest BCUT2D eigenvalue weighted by Crippen LogP contribution is 2.66. The van der Waals surface area contributed by atoms with Gasteiger partial charge in [0.25, 0.3) is 0 Å². The molecular formula is C28H46O. The molecule has 0 aromatic rings. The van der Waals surface area contributed by atoms with Gasteiger partial charge in [-0.15, -0.1) is 0 Å². The Kier molecular flexibility index (Phi) is 5.86. The van der Waals surface area contributed by atoms with Crippen molar-refractivity contribution in [3.05, 3.63) is 23.8 Å². The van der Waals surface area contributed by atoms with E-state index in [0.717, 1.165) is 36.5 Å². The molecule has 4 aliphatic carbocycles. The molecule has 0 aliphatic heterocycles. The second-order valence-corrected chi connectivity index (χ2v) is 12.2. The standard InChI is InChI=1S/C28H46O/c1-18(2)19(3)7-8-20(4)24-11-12-25-23-10-9-21-17-22(29)13-15-27(21,5)26(23)14-16-28(24,25)6/h10,18,20-22,24-26,29H,3,7-9,11-17H2,1-2,4-6H3/t20-,21?,22-,24-,25+,26+,27+,28-/m1/s1. The van der Waals surface area contributed by atoms with Crippen LogP contribution in [0.15, 0.2) is 23.8 Å². The monoisotopic (exact) mass is 398 g/mol. The molecule has 0 bridgehead atoms. The lowest BCUT2D eigenvalue weighted by Crippen LogP contribution is -2.49. The Bertz CT molecular complexity index is 659. The Balaban J connectivity index is 1.50. The van der Waals surface area contributed by atoms with E-state index in [1.54, 1.807) is 0 Å². The van der Waals surface area contributed by atoms with E-state index in [2.05, 4.69) is 47.3 Å². The van der Waals surface area contributed by atoms with Crippen molar-refractivity contribution >= 4 is 0 Å². The highest BCUT2D eigenvalue weighted by molar-refractivity contribution is 5.27. The van der Waals surface area contributed by atoms with Gasteiger partial charge in [-0.2, -0.15) is 0 Å². The van der Waals surface area contributed by atoms with Gasteiger partial charge in [0.15, 0.2) is 0 Å². The van der Waals surface area contributed by atoms with Gasteiger partial charge in [-0.1, -0.05) is 58.4 Å². The first-order valence-corrected chi connectivity index (χ1v) is 12.7. The second-order valence-electron chi connectivity index (χ2n) is 12.2. The van der Waals surface area contributed by atoms with E-state index in [4.69, 9.17) is 0 Å². The van der Waals surface area contributed by atoms with Crippen LogP contribution in [0.4, 0.5) is 0 Å². The van der Waals surface area contributed by atoms with Crippen molar-refractivity contribution in [3.63, 3.8) is 0 Å². The van der Waals surface area contributed by atoms with Crippen molar-refractivity contribution in [1.29, 1.82) is 0 Å². The molecule has 8 atom stereocenters. The number of allylic oxidation sites excluding steroid dienone is 3. The Morgan fingerprint density at radius 3 is 2.48 bits per heavy atom. The van der Waals surface area contributed by atoms with Gasteiger partial charge in [-0.3, -0.25) is 0 Å². The van der Waals surface area contributed by atoms with E-state index >= 15 is 0 Å². The molecule has 0 amide bonds. The van der Waals surface area contributed by atoms with Gasteiger partial charge < -0.3 is 5.11 Å². The smallest absolute Gasteiger partial charge is 0.0543 e. The van der Waals surface area contributed by atoms with E-state index in [1.165, 1.54) is 56.9 Å². The molecule has 1 nitrogen and oxygen atoms in total. The van der Waals surface area contributed by atoms with Gasteiger partial charge in [0.1, 0.15) is 0 Å². The van der Waals surface area contributed by atoms with Crippen LogP contribution in [-0.4, -0.2) is 11.2 Å². The summed E-state index contributed by atoms with van der Waals surface area (Å²) < 4.78 is 0. The molecule has 0 heterocycles. The molecule has 4 rings (SSSR count). The van der Waals surface area contributed by atoms with Crippen molar-refractivity contribution in [2.45, 2.75) is 105 Å². The molecule has 29 heavy (non-hydrogen) atoms. The van der Waals surface area contributed by atoms with Crippen LogP contribution >= 0.6 is 0 Å². The largest absolute Gasteiger partial charge is 0.393 e. The summed E-state index contributed by atoms with van der Waals surface area (Å²) in [6.07, 6.45) is 15.3. The third-order valence-electron chi connectivity index (χ3n) is 10.5. The van der Waals surface area contributed by atoms with Crippen molar-refractivity contribution in [2.75, 3.05) is 0 Å². The van der Waals surface area contributed by atoms with Gasteiger partial charge in [0.05, 0.1) is 6.10 Å². The third-order valence-corrected chi connectivity index (χ3v) is 10.5. The predicted octanol–water partition coefficient (Wildman–Crippen LogP) is 7.55. The number of hydrogen-bond donors (Lipinski definition) is 1. The van der Waals surface area contributed by atoms with Crippen molar-refractivity contribution in [1.82, 2.24) is 0 Å². The van der Waals surface area contributed by atoms with E-state index < -0.39 is 0 Å². The molecular weight excluding hydrogens is 352 g/mol. The molecule has 0 aromatic carbocycles. The summed E-state index contributed by atoms with van der Waals surface area (Å²) in [6.45, 7) is 16.7. The minimum absolute atomic E-state index is 0.0471. The maximum atomic E-state index is 10.2. The summed E-state index contributed by atoms with van der Waals surface area (Å²) in [6, 6.07) is 0. The van der Waals surface area contributed by atoms with Crippen LogP contribution in [0.3, 0.4) is 0 Å². The SMILES string of the molecule is C=C(CC[C@@H](C)[C@H]1CC[C@H]2C3=CCC4C[C@H](O)CC[C@]4(C)[C@H]3CC[C@]12C)C(C)C. The van der Waals surface area contributed by atoms with Gasteiger partial charge in [-0.05, 0) is 111 Å². The summed E-state index contributed by atoms with van der Waals surface area (Å²) >= 11 is 0. The zero-order valence-electron chi connectivity index (χ0n) is 19.8. The van der Waals surface area contributed by atoms with E-state index in [9.17, 15) is 5.11 Å². The molecule has 3 fully saturated rings. The first-order valence-electron chi connectivity index (χ1n) is 12.7. The van der Waals surface area contributed by atoms with Gasteiger partial charge in [0, 0.05) is 0 Å². The van der Waals surface area contributed by atoms with Crippen LogP contribution in [0.25, 0.3) is 0 Å². The molecule has 0 saturated heterocycles. The average Bonchev–Trinajstić information content (AvgIpc) is 3.03. The second kappa shape index (κ2) is 7.85. The minimum Gasteiger partial charge on any atom is -0.393 e. The molecule has 0 spiro atoms. The van der Waals surface area contributed by atoms with E-state index in [0.29, 0.717) is 22.7 Å².